The number of aliphatic hydroxyl groups excluding tert-OH is 1. The number of hydrogen-bond acceptors (Lipinski definition) is 4. The van der Waals surface area contributed by atoms with Crippen LogP contribution in [0, 0.1) is 0 Å². The SMILES string of the molecule is CSC(CO)C(C)NC(C)c1cnn(C(C)C)c1. The summed E-state index contributed by atoms with van der Waals surface area (Å²) >= 11 is 1.69. The quantitative estimate of drug-likeness (QED) is 0.798. The van der Waals surface area contributed by atoms with E-state index >= 15 is 0 Å². The Morgan fingerprint density at radius 2 is 2.06 bits per heavy atom. The summed E-state index contributed by atoms with van der Waals surface area (Å²) in [6.07, 6.45) is 6.03. The van der Waals surface area contributed by atoms with E-state index < -0.39 is 0 Å². The van der Waals surface area contributed by atoms with E-state index in [0.717, 1.165) is 0 Å². The number of rotatable bonds is 7. The Bertz CT molecular complexity index is 350. The van der Waals surface area contributed by atoms with Crippen molar-refractivity contribution in [1.82, 2.24) is 15.1 Å². The van der Waals surface area contributed by atoms with Gasteiger partial charge in [0.05, 0.1) is 12.8 Å². The highest BCUT2D eigenvalue weighted by molar-refractivity contribution is 7.99. The molecule has 18 heavy (non-hydrogen) atoms. The van der Waals surface area contributed by atoms with Crippen molar-refractivity contribution in [3.05, 3.63) is 18.0 Å². The summed E-state index contributed by atoms with van der Waals surface area (Å²) in [5, 5.41) is 17.4. The van der Waals surface area contributed by atoms with Crippen LogP contribution in [0.15, 0.2) is 12.4 Å². The molecule has 5 heteroatoms. The molecular weight excluding hydrogens is 246 g/mol. The zero-order chi connectivity index (χ0) is 13.7. The molecule has 0 aromatic carbocycles. The van der Waals surface area contributed by atoms with Gasteiger partial charge in [-0.05, 0) is 34.0 Å². The lowest BCUT2D eigenvalue weighted by molar-refractivity contribution is 0.272. The lowest BCUT2D eigenvalue weighted by Gasteiger charge is -2.24. The summed E-state index contributed by atoms with van der Waals surface area (Å²) in [5.41, 5.74) is 1.19. The van der Waals surface area contributed by atoms with Crippen molar-refractivity contribution >= 4 is 11.8 Å². The molecule has 4 nitrogen and oxygen atoms in total. The Morgan fingerprint density at radius 3 is 2.50 bits per heavy atom. The Hall–Kier alpha value is -0.520. The van der Waals surface area contributed by atoms with E-state index in [1.54, 1.807) is 11.8 Å². The van der Waals surface area contributed by atoms with Gasteiger partial charge < -0.3 is 10.4 Å². The first-order chi connectivity index (χ1) is 8.49. The molecule has 2 N–H and O–H groups in total. The van der Waals surface area contributed by atoms with Gasteiger partial charge in [0.2, 0.25) is 0 Å². The summed E-state index contributed by atoms with van der Waals surface area (Å²) in [7, 11) is 0. The predicted octanol–water partition coefficient (Wildman–Crippen LogP) is 2.23. The van der Waals surface area contributed by atoms with Gasteiger partial charge in [0.15, 0.2) is 0 Å². The summed E-state index contributed by atoms with van der Waals surface area (Å²) in [4.78, 5) is 0. The smallest absolute Gasteiger partial charge is 0.0564 e. The molecule has 3 atom stereocenters. The summed E-state index contributed by atoms with van der Waals surface area (Å²) in [6, 6.07) is 0.899. The predicted molar refractivity (Wildman–Crippen MR) is 78.0 cm³/mol. The van der Waals surface area contributed by atoms with Gasteiger partial charge in [0, 0.05) is 35.1 Å². The largest absolute Gasteiger partial charge is 0.395 e. The third-order valence-electron chi connectivity index (χ3n) is 3.20. The standard InChI is InChI=1S/C13H25N3OS/c1-9(2)16-7-12(6-14-16)10(3)15-11(4)13(8-17)18-5/h6-7,9-11,13,15,17H,8H2,1-5H3. The van der Waals surface area contributed by atoms with Crippen molar-refractivity contribution < 1.29 is 5.11 Å². The van der Waals surface area contributed by atoms with E-state index in [2.05, 4.69) is 44.3 Å². The van der Waals surface area contributed by atoms with Gasteiger partial charge in [-0.15, -0.1) is 0 Å². The van der Waals surface area contributed by atoms with Crippen molar-refractivity contribution in [2.45, 2.75) is 51.1 Å². The molecule has 3 unspecified atom stereocenters. The highest BCUT2D eigenvalue weighted by atomic mass is 32.2. The fraction of sp³-hybridized carbons (Fsp3) is 0.769. The van der Waals surface area contributed by atoms with E-state index in [1.807, 2.05) is 17.1 Å². The summed E-state index contributed by atoms with van der Waals surface area (Å²) < 4.78 is 1.97. The minimum absolute atomic E-state index is 0.202. The number of aliphatic hydroxyl groups is 1. The number of nitrogens with one attached hydrogen (secondary N) is 1. The number of thioether (sulfide) groups is 1. The third kappa shape index (κ3) is 4.00. The van der Waals surface area contributed by atoms with E-state index in [1.165, 1.54) is 5.56 Å². The van der Waals surface area contributed by atoms with Crippen LogP contribution < -0.4 is 5.32 Å². The van der Waals surface area contributed by atoms with Gasteiger partial charge in [-0.2, -0.15) is 16.9 Å². The van der Waals surface area contributed by atoms with Crippen molar-refractivity contribution in [3.63, 3.8) is 0 Å². The van der Waals surface area contributed by atoms with Crippen LogP contribution in [0.2, 0.25) is 0 Å². The number of hydrogen-bond donors (Lipinski definition) is 2. The molecule has 0 aliphatic heterocycles. The average molecular weight is 271 g/mol. The number of aromatic nitrogens is 2. The fourth-order valence-corrected chi connectivity index (χ4v) is 2.53. The van der Waals surface area contributed by atoms with E-state index in [9.17, 15) is 5.11 Å². The van der Waals surface area contributed by atoms with Crippen molar-refractivity contribution in [2.75, 3.05) is 12.9 Å². The van der Waals surface area contributed by atoms with Gasteiger partial charge in [0.1, 0.15) is 0 Å². The minimum atomic E-state index is 0.202. The first kappa shape index (κ1) is 15.5. The first-order valence-corrected chi connectivity index (χ1v) is 7.72. The Morgan fingerprint density at radius 1 is 1.39 bits per heavy atom. The molecule has 0 saturated carbocycles. The lowest BCUT2D eigenvalue weighted by atomic mass is 10.1. The second-order valence-corrected chi connectivity index (χ2v) is 6.06. The topological polar surface area (TPSA) is 50.1 Å². The fourth-order valence-electron chi connectivity index (χ4n) is 1.89. The van der Waals surface area contributed by atoms with Crippen LogP contribution in [-0.4, -0.2) is 39.0 Å². The molecule has 1 aromatic rings. The molecule has 0 radical (unpaired) electrons. The second kappa shape index (κ2) is 7.16. The lowest BCUT2D eigenvalue weighted by Crippen LogP contribution is -2.38. The highest BCUT2D eigenvalue weighted by Crippen LogP contribution is 2.17. The van der Waals surface area contributed by atoms with Crippen LogP contribution >= 0.6 is 11.8 Å². The maximum absolute atomic E-state index is 9.28. The molecule has 0 saturated heterocycles. The van der Waals surface area contributed by atoms with Crippen LogP contribution in [0.1, 0.15) is 45.3 Å². The van der Waals surface area contributed by atoms with Crippen molar-refractivity contribution in [3.8, 4) is 0 Å². The Kier molecular flexibility index (Phi) is 6.18. The van der Waals surface area contributed by atoms with Gasteiger partial charge in [-0.3, -0.25) is 4.68 Å². The van der Waals surface area contributed by atoms with E-state index in [0.29, 0.717) is 6.04 Å². The molecule has 0 aliphatic carbocycles. The van der Waals surface area contributed by atoms with Gasteiger partial charge in [0.25, 0.3) is 0 Å². The third-order valence-corrected chi connectivity index (χ3v) is 4.37. The molecule has 0 spiro atoms. The normalized spacial score (nSPS) is 16.8. The molecule has 1 rings (SSSR count). The maximum atomic E-state index is 9.28. The number of nitrogens with zero attached hydrogens (tertiary/aromatic N) is 2. The molecule has 0 aliphatic rings. The zero-order valence-corrected chi connectivity index (χ0v) is 12.7. The van der Waals surface area contributed by atoms with Crippen molar-refractivity contribution in [2.24, 2.45) is 0 Å². The van der Waals surface area contributed by atoms with Gasteiger partial charge in [-0.25, -0.2) is 0 Å². The second-order valence-electron chi connectivity index (χ2n) is 4.98. The van der Waals surface area contributed by atoms with Crippen LogP contribution in [0.4, 0.5) is 0 Å². The zero-order valence-electron chi connectivity index (χ0n) is 11.9. The Balaban J connectivity index is 2.61. The molecular formula is C13H25N3OS. The molecule has 104 valence electrons. The molecule has 0 bridgehead atoms. The Labute approximate surface area is 114 Å². The van der Waals surface area contributed by atoms with Crippen LogP contribution in [0.5, 0.6) is 0 Å². The monoisotopic (exact) mass is 271 g/mol. The van der Waals surface area contributed by atoms with Gasteiger partial charge in [-0.1, -0.05) is 0 Å². The van der Waals surface area contributed by atoms with Crippen LogP contribution in [0.3, 0.4) is 0 Å². The van der Waals surface area contributed by atoms with Crippen molar-refractivity contribution in [1.29, 1.82) is 0 Å². The summed E-state index contributed by atoms with van der Waals surface area (Å²) in [5.74, 6) is 0. The molecule has 1 heterocycles. The molecule has 1 aromatic heterocycles. The van der Waals surface area contributed by atoms with Crippen LogP contribution in [0.25, 0.3) is 0 Å². The maximum Gasteiger partial charge on any atom is 0.0564 e. The van der Waals surface area contributed by atoms with E-state index in [4.69, 9.17) is 0 Å². The summed E-state index contributed by atoms with van der Waals surface area (Å²) in [6.45, 7) is 8.68. The van der Waals surface area contributed by atoms with Crippen LogP contribution in [-0.2, 0) is 0 Å². The van der Waals surface area contributed by atoms with Gasteiger partial charge >= 0.3 is 0 Å². The van der Waals surface area contributed by atoms with E-state index in [-0.39, 0.29) is 23.9 Å². The highest BCUT2D eigenvalue weighted by Gasteiger charge is 2.18. The minimum Gasteiger partial charge on any atom is -0.395 e. The molecule has 0 fully saturated rings. The average Bonchev–Trinajstić information content (AvgIpc) is 2.79. The first-order valence-electron chi connectivity index (χ1n) is 6.43. The molecule has 0 amide bonds.